The van der Waals surface area contributed by atoms with E-state index in [4.69, 9.17) is 9.47 Å². The fraction of sp³-hybridized carbons (Fsp3) is 0.353. The van der Waals surface area contributed by atoms with Gasteiger partial charge in [0.2, 0.25) is 10.0 Å². The zero-order chi connectivity index (χ0) is 18.9. The summed E-state index contributed by atoms with van der Waals surface area (Å²) in [5, 5.41) is 12.3. The zero-order valence-corrected chi connectivity index (χ0v) is 15.9. The van der Waals surface area contributed by atoms with E-state index >= 15 is 0 Å². The van der Waals surface area contributed by atoms with Crippen LogP contribution in [0.5, 0.6) is 5.75 Å². The van der Waals surface area contributed by atoms with E-state index in [1.165, 1.54) is 49.8 Å². The second-order valence-corrected chi connectivity index (χ2v) is 8.70. The Morgan fingerprint density at radius 3 is 2.54 bits per heavy atom. The highest BCUT2D eigenvalue weighted by molar-refractivity contribution is 7.89. The molecule has 0 saturated carbocycles. The van der Waals surface area contributed by atoms with E-state index in [0.717, 1.165) is 9.18 Å². The Balaban J connectivity index is 2.04. The Morgan fingerprint density at radius 1 is 1.23 bits per heavy atom. The number of methoxy groups -OCH3 is 2. The SMILES string of the molecule is COC(=O)[C@@H]1Cc2sccc2[C@H](O)CN1S(=O)(=O)c1ccc(OC)cc1. The van der Waals surface area contributed by atoms with Gasteiger partial charge in [-0.15, -0.1) is 11.3 Å². The summed E-state index contributed by atoms with van der Waals surface area (Å²) < 4.78 is 37.2. The molecule has 2 atom stereocenters. The van der Waals surface area contributed by atoms with Crippen LogP contribution in [-0.4, -0.2) is 50.6 Å². The van der Waals surface area contributed by atoms with E-state index in [2.05, 4.69) is 0 Å². The quantitative estimate of drug-likeness (QED) is 0.788. The third-order valence-corrected chi connectivity index (χ3v) is 7.21. The van der Waals surface area contributed by atoms with Gasteiger partial charge in [0, 0.05) is 17.8 Å². The van der Waals surface area contributed by atoms with Crippen molar-refractivity contribution in [1.82, 2.24) is 4.31 Å². The Labute approximate surface area is 155 Å². The Bertz CT molecular complexity index is 890. The molecule has 140 valence electrons. The van der Waals surface area contributed by atoms with Crippen molar-refractivity contribution in [3.8, 4) is 5.75 Å². The summed E-state index contributed by atoms with van der Waals surface area (Å²) in [4.78, 5) is 13.1. The maximum Gasteiger partial charge on any atom is 0.324 e. The smallest absolute Gasteiger partial charge is 0.324 e. The molecule has 0 radical (unpaired) electrons. The molecule has 0 spiro atoms. The number of sulfonamides is 1. The van der Waals surface area contributed by atoms with Crippen LogP contribution in [0.2, 0.25) is 0 Å². The van der Waals surface area contributed by atoms with Crippen molar-refractivity contribution < 1.29 is 27.8 Å². The van der Waals surface area contributed by atoms with Crippen LogP contribution in [0.15, 0.2) is 40.6 Å². The van der Waals surface area contributed by atoms with Crippen LogP contribution < -0.4 is 4.74 Å². The van der Waals surface area contributed by atoms with Crippen molar-refractivity contribution in [2.45, 2.75) is 23.5 Å². The van der Waals surface area contributed by atoms with Crippen molar-refractivity contribution in [3.63, 3.8) is 0 Å². The number of rotatable bonds is 4. The van der Waals surface area contributed by atoms with Crippen LogP contribution in [-0.2, 0) is 26.0 Å². The van der Waals surface area contributed by atoms with Crippen LogP contribution in [0.3, 0.4) is 0 Å². The van der Waals surface area contributed by atoms with Crippen molar-refractivity contribution in [3.05, 3.63) is 46.2 Å². The van der Waals surface area contributed by atoms with Gasteiger partial charge in [-0.2, -0.15) is 4.31 Å². The molecule has 2 aromatic rings. The molecule has 0 saturated heterocycles. The average Bonchev–Trinajstić information content (AvgIpc) is 3.06. The molecule has 1 aliphatic heterocycles. The number of ether oxygens (including phenoxy) is 2. The largest absolute Gasteiger partial charge is 0.497 e. The van der Waals surface area contributed by atoms with Crippen molar-refractivity contribution >= 4 is 27.3 Å². The minimum absolute atomic E-state index is 0.0182. The molecule has 1 aromatic heterocycles. The highest BCUT2D eigenvalue weighted by Crippen LogP contribution is 2.34. The number of carbonyl (C=O) groups excluding carboxylic acids is 1. The minimum Gasteiger partial charge on any atom is -0.497 e. The third kappa shape index (κ3) is 3.35. The molecule has 7 nitrogen and oxygen atoms in total. The number of carbonyl (C=O) groups is 1. The monoisotopic (exact) mass is 397 g/mol. The second-order valence-electron chi connectivity index (χ2n) is 5.81. The summed E-state index contributed by atoms with van der Waals surface area (Å²) in [5.41, 5.74) is 0.649. The maximum absolute atomic E-state index is 13.2. The lowest BCUT2D eigenvalue weighted by molar-refractivity contribution is -0.145. The molecule has 0 fully saturated rings. The number of fused-ring (bicyclic) bond motifs is 1. The first-order valence-corrected chi connectivity index (χ1v) is 10.2. The van der Waals surface area contributed by atoms with Crippen molar-refractivity contribution in [2.24, 2.45) is 0 Å². The first kappa shape index (κ1) is 18.8. The number of β-amino-alcohol motifs (C(OH)–C–C–N with tert-alkyl or cyclic N) is 1. The van der Waals surface area contributed by atoms with E-state index in [9.17, 15) is 18.3 Å². The van der Waals surface area contributed by atoms with Crippen LogP contribution in [0.4, 0.5) is 0 Å². The van der Waals surface area contributed by atoms with Gasteiger partial charge in [-0.3, -0.25) is 4.79 Å². The molecule has 0 unspecified atom stereocenters. The van der Waals surface area contributed by atoms with Gasteiger partial charge in [0.15, 0.2) is 0 Å². The molecule has 9 heteroatoms. The third-order valence-electron chi connectivity index (χ3n) is 4.36. The van der Waals surface area contributed by atoms with Crippen molar-refractivity contribution in [2.75, 3.05) is 20.8 Å². The van der Waals surface area contributed by atoms with E-state index in [0.29, 0.717) is 11.3 Å². The highest BCUT2D eigenvalue weighted by atomic mass is 32.2. The second kappa shape index (κ2) is 7.36. The molecular formula is C17H19NO6S2. The Morgan fingerprint density at radius 2 is 1.92 bits per heavy atom. The average molecular weight is 397 g/mol. The Kier molecular flexibility index (Phi) is 5.33. The van der Waals surface area contributed by atoms with Gasteiger partial charge in [0.05, 0.1) is 25.2 Å². The summed E-state index contributed by atoms with van der Waals surface area (Å²) in [6.45, 7) is -0.224. The lowest BCUT2D eigenvalue weighted by atomic mass is 10.1. The first-order valence-electron chi connectivity index (χ1n) is 7.86. The summed E-state index contributed by atoms with van der Waals surface area (Å²) in [7, 11) is -1.32. The number of nitrogens with zero attached hydrogens (tertiary/aromatic N) is 1. The molecule has 2 heterocycles. The van der Waals surface area contributed by atoms with Gasteiger partial charge in [0.25, 0.3) is 0 Å². The first-order chi connectivity index (χ1) is 12.4. The fourth-order valence-corrected chi connectivity index (χ4v) is 5.53. The van der Waals surface area contributed by atoms with E-state index in [1.54, 1.807) is 6.07 Å². The predicted molar refractivity (Wildman–Crippen MR) is 95.7 cm³/mol. The summed E-state index contributed by atoms with van der Waals surface area (Å²) in [6.07, 6.45) is -0.856. The number of hydrogen-bond donors (Lipinski definition) is 1. The molecule has 26 heavy (non-hydrogen) atoms. The molecule has 0 bridgehead atoms. The molecule has 0 amide bonds. The predicted octanol–water partition coefficient (Wildman–Crippen LogP) is 1.58. The van der Waals surface area contributed by atoms with Gasteiger partial charge in [-0.1, -0.05) is 0 Å². The lowest BCUT2D eigenvalue weighted by Crippen LogP contribution is -2.47. The van der Waals surface area contributed by atoms with Crippen LogP contribution in [0.1, 0.15) is 16.5 Å². The number of thiophene rings is 1. The standard InChI is InChI=1S/C17H19NO6S2/c1-23-11-3-5-12(6-4-11)26(21,22)18-10-15(19)13-7-8-25-16(13)9-14(18)17(20)24-2/h3-8,14-15,19H,9-10H2,1-2H3/t14-,15+/m0/s1. The summed E-state index contributed by atoms with van der Waals surface area (Å²) in [5.74, 6) is -0.137. The molecular weight excluding hydrogens is 378 g/mol. The van der Waals surface area contributed by atoms with Crippen molar-refractivity contribution in [1.29, 1.82) is 0 Å². The fourth-order valence-electron chi connectivity index (χ4n) is 2.97. The van der Waals surface area contributed by atoms with Gasteiger partial charge < -0.3 is 14.6 Å². The summed E-state index contributed by atoms with van der Waals surface area (Å²) >= 11 is 1.38. The minimum atomic E-state index is -4.02. The molecule has 1 aromatic carbocycles. The van der Waals surface area contributed by atoms with Gasteiger partial charge in [0.1, 0.15) is 11.8 Å². The Hall–Kier alpha value is -1.94. The molecule has 3 rings (SSSR count). The molecule has 0 aliphatic carbocycles. The normalized spacial score (nSPS) is 20.9. The van der Waals surface area contributed by atoms with E-state index in [-0.39, 0.29) is 17.9 Å². The molecule has 1 N–H and O–H groups in total. The maximum atomic E-state index is 13.2. The lowest BCUT2D eigenvalue weighted by Gasteiger charge is -2.28. The number of benzene rings is 1. The van der Waals surface area contributed by atoms with Gasteiger partial charge in [-0.25, -0.2) is 8.42 Å². The number of aliphatic hydroxyl groups excluding tert-OH is 1. The van der Waals surface area contributed by atoms with Crippen LogP contribution >= 0.6 is 11.3 Å². The number of esters is 1. The number of aliphatic hydroxyl groups is 1. The van der Waals surface area contributed by atoms with Gasteiger partial charge in [-0.05, 0) is 41.3 Å². The van der Waals surface area contributed by atoms with E-state index < -0.39 is 28.1 Å². The van der Waals surface area contributed by atoms with Crippen LogP contribution in [0.25, 0.3) is 0 Å². The number of hydrogen-bond acceptors (Lipinski definition) is 7. The highest BCUT2D eigenvalue weighted by Gasteiger charge is 2.41. The van der Waals surface area contributed by atoms with Gasteiger partial charge >= 0.3 is 5.97 Å². The summed E-state index contributed by atoms with van der Waals surface area (Å²) in [6, 6.07) is 6.60. The topological polar surface area (TPSA) is 93.1 Å². The zero-order valence-electron chi connectivity index (χ0n) is 14.3. The van der Waals surface area contributed by atoms with Crippen LogP contribution in [0, 0.1) is 0 Å². The molecule has 1 aliphatic rings. The van der Waals surface area contributed by atoms with E-state index in [1.807, 2.05) is 5.38 Å².